The van der Waals surface area contributed by atoms with Crippen LogP contribution in [0, 0.1) is 11.8 Å². The average molecular weight is 661 g/mol. The van der Waals surface area contributed by atoms with Crippen molar-refractivity contribution >= 4 is 40.5 Å². The van der Waals surface area contributed by atoms with E-state index in [2.05, 4.69) is 16.4 Å². The number of nitrogens with zero attached hydrogens (tertiary/aromatic N) is 6. The maximum atomic E-state index is 14.9. The third-order valence-electron chi connectivity index (χ3n) is 10.1. The van der Waals surface area contributed by atoms with E-state index in [1.54, 1.807) is 26.2 Å². The van der Waals surface area contributed by atoms with Crippen LogP contribution in [0.3, 0.4) is 0 Å². The van der Waals surface area contributed by atoms with Gasteiger partial charge in [-0.3, -0.25) is 14.4 Å². The zero-order valence-electron chi connectivity index (χ0n) is 26.3. The summed E-state index contributed by atoms with van der Waals surface area (Å²) in [7, 11) is 0. The first kappa shape index (κ1) is 30.6. The molecule has 4 aliphatic heterocycles. The van der Waals surface area contributed by atoms with Gasteiger partial charge < -0.3 is 19.8 Å². The van der Waals surface area contributed by atoms with Crippen molar-refractivity contribution in [1.29, 1.82) is 0 Å². The Bertz CT molecular complexity index is 1910. The van der Waals surface area contributed by atoms with E-state index in [1.807, 2.05) is 108 Å². The molecular weight excluding hydrogens is 625 g/mol. The van der Waals surface area contributed by atoms with E-state index in [4.69, 9.17) is 0 Å². The first-order valence-corrected chi connectivity index (χ1v) is 17.3. The molecular formula is C37H36N6O4S. The maximum Gasteiger partial charge on any atom is 0.248 e. The van der Waals surface area contributed by atoms with Crippen molar-refractivity contribution in [2.75, 3.05) is 19.7 Å². The van der Waals surface area contributed by atoms with Gasteiger partial charge >= 0.3 is 0 Å². The second-order valence-electron chi connectivity index (χ2n) is 12.9. The number of hydrogen-bond donors (Lipinski definition) is 1. The third-order valence-corrected chi connectivity index (χ3v) is 11.9. The summed E-state index contributed by atoms with van der Waals surface area (Å²) >= 11 is 1.55. The minimum atomic E-state index is -0.997. The van der Waals surface area contributed by atoms with E-state index in [0.29, 0.717) is 26.1 Å². The first-order valence-electron chi connectivity index (χ1n) is 16.4. The molecule has 2 fully saturated rings. The number of aromatic nitrogens is 3. The molecule has 2 saturated heterocycles. The third kappa shape index (κ3) is 5.03. The number of rotatable bonds is 8. The van der Waals surface area contributed by atoms with Crippen LogP contribution in [0.1, 0.15) is 11.1 Å². The quantitative estimate of drug-likeness (QED) is 0.289. The highest BCUT2D eigenvalue weighted by Gasteiger charge is 2.71. The number of aliphatic hydroxyl groups is 1. The molecule has 5 heterocycles. The number of fused-ring (bicyclic) bond motifs is 3. The minimum absolute atomic E-state index is 0.0863. The average Bonchev–Trinajstić information content (AvgIpc) is 3.67. The van der Waals surface area contributed by atoms with Gasteiger partial charge in [0.2, 0.25) is 17.7 Å². The lowest BCUT2D eigenvalue weighted by Crippen LogP contribution is -2.57. The monoisotopic (exact) mass is 660 g/mol. The molecule has 0 aliphatic carbocycles. The molecule has 6 atom stereocenters. The molecule has 1 spiro atoms. The Morgan fingerprint density at radius 3 is 2.31 bits per heavy atom. The molecule has 0 radical (unpaired) electrons. The van der Waals surface area contributed by atoms with Crippen LogP contribution < -0.4 is 0 Å². The second-order valence-corrected chi connectivity index (χ2v) is 14.4. The van der Waals surface area contributed by atoms with Crippen LogP contribution in [0.5, 0.6) is 0 Å². The molecule has 1 aromatic heterocycles. The molecule has 48 heavy (non-hydrogen) atoms. The van der Waals surface area contributed by atoms with Gasteiger partial charge in [0.25, 0.3) is 0 Å². The summed E-state index contributed by atoms with van der Waals surface area (Å²) in [5, 5.41) is 19.2. The Labute approximate surface area is 282 Å². The number of likely N-dealkylation sites (tertiary alicyclic amines) is 1. The molecule has 11 heteroatoms. The van der Waals surface area contributed by atoms with Crippen LogP contribution in [-0.4, -0.2) is 94.3 Å². The number of amides is 3. The largest absolute Gasteiger partial charge is 0.394 e. The Hall–Kier alpha value is -4.74. The molecule has 8 rings (SSSR count). The summed E-state index contributed by atoms with van der Waals surface area (Å²) in [4.78, 5) is 49.5. The van der Waals surface area contributed by atoms with Crippen molar-refractivity contribution in [3.63, 3.8) is 0 Å². The van der Waals surface area contributed by atoms with Gasteiger partial charge in [0.15, 0.2) is 0 Å². The summed E-state index contributed by atoms with van der Waals surface area (Å²) in [5.41, 5.74) is 3.49. The molecule has 10 nitrogen and oxygen atoms in total. The number of carbonyl (C=O) groups excluding carboxylic acids is 3. The van der Waals surface area contributed by atoms with Gasteiger partial charge in [0.05, 0.1) is 34.7 Å². The highest BCUT2D eigenvalue weighted by molar-refractivity contribution is 8.02. The van der Waals surface area contributed by atoms with E-state index in [-0.39, 0.29) is 36.2 Å². The highest BCUT2D eigenvalue weighted by atomic mass is 32.2. The lowest BCUT2D eigenvalue weighted by atomic mass is 9.78. The van der Waals surface area contributed by atoms with Gasteiger partial charge in [-0.05, 0) is 29.7 Å². The smallest absolute Gasteiger partial charge is 0.248 e. The van der Waals surface area contributed by atoms with Crippen molar-refractivity contribution in [2.24, 2.45) is 11.8 Å². The number of hydrogen-bond acceptors (Lipinski definition) is 7. The Kier molecular flexibility index (Phi) is 7.88. The highest BCUT2D eigenvalue weighted by Crippen LogP contribution is 2.61. The van der Waals surface area contributed by atoms with E-state index in [9.17, 15) is 19.5 Å². The fourth-order valence-electron chi connectivity index (χ4n) is 7.96. The van der Waals surface area contributed by atoms with Crippen LogP contribution in [0.15, 0.2) is 109 Å². The van der Waals surface area contributed by atoms with Crippen LogP contribution >= 0.6 is 11.8 Å². The topological polar surface area (TPSA) is 112 Å². The molecule has 0 saturated carbocycles. The van der Waals surface area contributed by atoms with E-state index < -0.39 is 28.7 Å². The van der Waals surface area contributed by atoms with Gasteiger partial charge in [-0.1, -0.05) is 102 Å². The zero-order chi connectivity index (χ0) is 32.8. The van der Waals surface area contributed by atoms with Crippen molar-refractivity contribution in [3.05, 3.63) is 120 Å². The molecule has 1 N–H and O–H groups in total. The molecule has 0 bridgehead atoms. The molecule has 4 aromatic rings. The van der Waals surface area contributed by atoms with Crippen LogP contribution in [0.25, 0.3) is 11.0 Å². The summed E-state index contributed by atoms with van der Waals surface area (Å²) in [6.45, 7) is 1.01. The van der Waals surface area contributed by atoms with E-state index >= 15 is 0 Å². The normalized spacial score (nSPS) is 27.2. The maximum absolute atomic E-state index is 14.9. The summed E-state index contributed by atoms with van der Waals surface area (Å²) < 4.78 is 0.702. The van der Waals surface area contributed by atoms with Gasteiger partial charge in [0.1, 0.15) is 18.2 Å². The van der Waals surface area contributed by atoms with Gasteiger partial charge in [0, 0.05) is 24.9 Å². The van der Waals surface area contributed by atoms with Crippen molar-refractivity contribution < 1.29 is 19.5 Å². The van der Waals surface area contributed by atoms with Gasteiger partial charge in [-0.15, -0.1) is 16.9 Å². The second kappa shape index (κ2) is 12.4. The predicted octanol–water partition coefficient (Wildman–Crippen LogP) is 3.29. The summed E-state index contributed by atoms with van der Waals surface area (Å²) in [6, 6.07) is 25.6. The number of thioether (sulfide) groups is 1. The first-order chi connectivity index (χ1) is 23.5. The van der Waals surface area contributed by atoms with E-state index in [1.165, 1.54) is 0 Å². The Morgan fingerprint density at radius 2 is 1.54 bits per heavy atom. The van der Waals surface area contributed by atoms with Gasteiger partial charge in [-0.2, -0.15) is 0 Å². The lowest BCUT2D eigenvalue weighted by Gasteiger charge is -2.38. The van der Waals surface area contributed by atoms with Crippen LogP contribution in [-0.2, 0) is 34.0 Å². The van der Waals surface area contributed by atoms with Crippen molar-refractivity contribution in [3.8, 4) is 0 Å². The summed E-state index contributed by atoms with van der Waals surface area (Å²) in [6.07, 6.45) is 8.41. The molecule has 3 aromatic carbocycles. The van der Waals surface area contributed by atoms with Crippen molar-refractivity contribution in [2.45, 2.75) is 41.7 Å². The molecule has 1 unspecified atom stereocenters. The minimum Gasteiger partial charge on any atom is -0.394 e. The fraction of sp³-hybridized carbons (Fsp3) is 0.324. The lowest BCUT2D eigenvalue weighted by molar-refractivity contribution is -0.147. The standard InChI is InChI=1S/C37H36N6O4S/c44-23-27(21-25-11-3-1-4-12-25)43-33-36(47)41(24-42-29-16-8-7-15-28(29)38-39-42)20-10-18-37(33)32(35(43)46)31-30(48-37)17-9-19-40(34(31)45)22-26-13-5-2-6-14-26/h1-18,27,30-33,44H,19-24H2/t27-,30-,31+,32+,33?,37+/m1/s1. The van der Waals surface area contributed by atoms with E-state index in [0.717, 1.165) is 22.2 Å². The number of carbonyl (C=O) groups is 3. The molecule has 3 amide bonds. The predicted molar refractivity (Wildman–Crippen MR) is 182 cm³/mol. The number of aliphatic hydroxyl groups excluding tert-OH is 1. The zero-order valence-corrected chi connectivity index (χ0v) is 27.1. The van der Waals surface area contributed by atoms with Gasteiger partial charge in [-0.25, -0.2) is 4.68 Å². The Morgan fingerprint density at radius 1 is 0.833 bits per heavy atom. The fourth-order valence-corrected chi connectivity index (χ4v) is 9.96. The molecule has 4 aliphatic rings. The van der Waals surface area contributed by atoms with Crippen molar-refractivity contribution in [1.82, 2.24) is 29.7 Å². The Balaban J connectivity index is 1.19. The molecule has 244 valence electrons. The van der Waals surface area contributed by atoms with Crippen LogP contribution in [0.2, 0.25) is 0 Å². The number of para-hydroxylation sites is 1. The summed E-state index contributed by atoms with van der Waals surface area (Å²) in [5.74, 6) is -2.01. The number of benzene rings is 3. The van der Waals surface area contributed by atoms with Crippen LogP contribution in [0.4, 0.5) is 0 Å². The SMILES string of the molecule is O=C1C2N([C@@H](CO)Cc3ccccc3)C(=O)[C@@H]3[C@H]4C(=O)N(Cc5ccccc5)CC=C[C@H]4S[C@]23C=CCN1Cn1nnc2ccccc21.